The molecule has 23 heavy (non-hydrogen) atoms. The van der Waals surface area contributed by atoms with Gasteiger partial charge in [0.15, 0.2) is 0 Å². The summed E-state index contributed by atoms with van der Waals surface area (Å²) in [7, 11) is 0. The van der Waals surface area contributed by atoms with Gasteiger partial charge in [0.1, 0.15) is 12.4 Å². The van der Waals surface area contributed by atoms with Crippen molar-refractivity contribution in [3.05, 3.63) is 28.8 Å². The molecule has 1 amide bonds. The first-order valence-corrected chi connectivity index (χ1v) is 8.04. The molecule has 1 aliphatic heterocycles. The van der Waals surface area contributed by atoms with Gasteiger partial charge < -0.3 is 15.2 Å². The highest BCUT2D eigenvalue weighted by Crippen LogP contribution is 2.30. The van der Waals surface area contributed by atoms with E-state index < -0.39 is 11.5 Å². The van der Waals surface area contributed by atoms with Crippen LogP contribution in [0.15, 0.2) is 18.2 Å². The number of hydrogen-bond donors (Lipinski definition) is 2. The van der Waals surface area contributed by atoms with Gasteiger partial charge in [-0.1, -0.05) is 25.4 Å². The Morgan fingerprint density at radius 2 is 2.17 bits per heavy atom. The number of benzene rings is 1. The van der Waals surface area contributed by atoms with E-state index in [1.807, 2.05) is 13.8 Å². The number of hydrogen-bond acceptors (Lipinski definition) is 3. The van der Waals surface area contributed by atoms with Crippen molar-refractivity contribution in [1.82, 2.24) is 5.32 Å². The highest BCUT2D eigenvalue weighted by atomic mass is 35.5. The number of nitrogens with one attached hydrogen (secondary N) is 1. The summed E-state index contributed by atoms with van der Waals surface area (Å²) in [6.07, 6.45) is 0.412. The summed E-state index contributed by atoms with van der Waals surface area (Å²) < 4.78 is 5.63. The zero-order chi connectivity index (χ0) is 17.2. The number of carboxylic acid groups (broad SMARTS) is 1. The van der Waals surface area contributed by atoms with Gasteiger partial charge in [-0.25, -0.2) is 0 Å². The van der Waals surface area contributed by atoms with E-state index in [0.29, 0.717) is 11.4 Å². The van der Waals surface area contributed by atoms with Crippen LogP contribution in [0.5, 0.6) is 5.75 Å². The first-order chi connectivity index (χ1) is 10.7. The van der Waals surface area contributed by atoms with Crippen LogP contribution in [0, 0.1) is 11.8 Å². The van der Waals surface area contributed by atoms with Gasteiger partial charge in [-0.15, -0.1) is 0 Å². The maximum Gasteiger partial charge on any atom is 0.305 e. The monoisotopic (exact) mass is 339 g/mol. The normalized spacial score (nSPS) is 19.4. The highest BCUT2D eigenvalue weighted by molar-refractivity contribution is 6.30. The van der Waals surface area contributed by atoms with E-state index in [2.05, 4.69) is 5.32 Å². The maximum atomic E-state index is 12.6. The standard InChI is InChI=1S/C17H22ClNO4/c1-10(2)17(3,8-15(20)21)19-16(22)12-6-11-7-13(18)4-5-14(11)23-9-12/h4-5,7,10,12H,6,8-9H2,1-3H3,(H,19,22)(H,20,21). The van der Waals surface area contributed by atoms with Crippen LogP contribution >= 0.6 is 11.6 Å². The minimum absolute atomic E-state index is 0.00575. The van der Waals surface area contributed by atoms with Gasteiger partial charge in [0.05, 0.1) is 12.3 Å². The SMILES string of the molecule is CC(C)C(C)(CC(=O)O)NC(=O)C1COc2ccc(Cl)cc2C1. The van der Waals surface area contributed by atoms with Crippen LogP contribution in [-0.4, -0.2) is 29.1 Å². The Balaban J connectivity index is 2.10. The largest absolute Gasteiger partial charge is 0.492 e. The molecule has 1 aromatic carbocycles. The summed E-state index contributed by atoms with van der Waals surface area (Å²) >= 11 is 5.99. The van der Waals surface area contributed by atoms with Gasteiger partial charge in [-0.3, -0.25) is 9.59 Å². The predicted octanol–water partition coefficient (Wildman–Crippen LogP) is 2.90. The zero-order valence-corrected chi connectivity index (χ0v) is 14.3. The number of aliphatic carboxylic acids is 1. The van der Waals surface area contributed by atoms with E-state index in [-0.39, 0.29) is 30.8 Å². The van der Waals surface area contributed by atoms with Crippen molar-refractivity contribution in [2.45, 2.75) is 39.2 Å². The molecule has 6 heteroatoms. The third-order valence-corrected chi connectivity index (χ3v) is 4.74. The van der Waals surface area contributed by atoms with E-state index in [4.69, 9.17) is 21.4 Å². The summed E-state index contributed by atoms with van der Waals surface area (Å²) in [4.78, 5) is 23.7. The van der Waals surface area contributed by atoms with Gasteiger partial charge in [0.25, 0.3) is 0 Å². The number of halogens is 1. The van der Waals surface area contributed by atoms with Crippen molar-refractivity contribution in [1.29, 1.82) is 0 Å². The van der Waals surface area contributed by atoms with Gasteiger partial charge in [-0.05, 0) is 43.0 Å². The lowest BCUT2D eigenvalue weighted by molar-refractivity contribution is -0.140. The number of amides is 1. The van der Waals surface area contributed by atoms with Crippen molar-refractivity contribution in [3.63, 3.8) is 0 Å². The highest BCUT2D eigenvalue weighted by Gasteiger charge is 2.36. The maximum absolute atomic E-state index is 12.6. The van der Waals surface area contributed by atoms with E-state index in [1.54, 1.807) is 25.1 Å². The molecule has 1 aliphatic rings. The molecular weight excluding hydrogens is 318 g/mol. The van der Waals surface area contributed by atoms with Crippen LogP contribution in [0.25, 0.3) is 0 Å². The Kier molecular flexibility index (Phi) is 5.19. The molecule has 0 bridgehead atoms. The van der Waals surface area contributed by atoms with E-state index in [0.717, 1.165) is 11.3 Å². The summed E-state index contributed by atoms with van der Waals surface area (Å²) in [5.41, 5.74) is 0.103. The van der Waals surface area contributed by atoms with Gasteiger partial charge in [-0.2, -0.15) is 0 Å². The van der Waals surface area contributed by atoms with E-state index in [9.17, 15) is 9.59 Å². The lowest BCUT2D eigenvalue weighted by atomic mass is 9.84. The predicted molar refractivity (Wildman–Crippen MR) is 87.8 cm³/mol. The van der Waals surface area contributed by atoms with Crippen molar-refractivity contribution >= 4 is 23.5 Å². The topological polar surface area (TPSA) is 75.6 Å². The van der Waals surface area contributed by atoms with E-state index >= 15 is 0 Å². The molecule has 0 aliphatic carbocycles. The molecule has 1 heterocycles. The average molecular weight is 340 g/mol. The molecule has 2 atom stereocenters. The van der Waals surface area contributed by atoms with E-state index in [1.165, 1.54) is 0 Å². The molecule has 2 unspecified atom stereocenters. The molecule has 0 saturated carbocycles. The number of ether oxygens (including phenoxy) is 1. The Labute approximate surface area is 141 Å². The lowest BCUT2D eigenvalue weighted by Crippen LogP contribution is -2.54. The molecule has 1 aromatic rings. The Hall–Kier alpha value is -1.75. The second-order valence-corrected chi connectivity index (χ2v) is 7.03. The van der Waals surface area contributed by atoms with Crippen molar-refractivity contribution in [2.24, 2.45) is 11.8 Å². The third kappa shape index (κ3) is 4.16. The average Bonchev–Trinajstić information content (AvgIpc) is 2.45. The molecule has 0 aromatic heterocycles. The van der Waals surface area contributed by atoms with Gasteiger partial charge in [0, 0.05) is 10.6 Å². The first kappa shape index (κ1) is 17.6. The Morgan fingerprint density at radius 1 is 1.48 bits per heavy atom. The van der Waals surface area contributed by atoms with Crippen molar-refractivity contribution in [3.8, 4) is 5.75 Å². The number of rotatable bonds is 5. The van der Waals surface area contributed by atoms with Crippen LogP contribution in [0.3, 0.4) is 0 Å². The summed E-state index contributed by atoms with van der Waals surface area (Å²) in [6.45, 7) is 5.84. The van der Waals surface area contributed by atoms with Crippen LogP contribution < -0.4 is 10.1 Å². The molecule has 0 spiro atoms. The molecule has 2 N–H and O–H groups in total. The number of carbonyl (C=O) groups is 2. The number of carbonyl (C=O) groups excluding carboxylic acids is 1. The molecular formula is C17H22ClNO4. The van der Waals surface area contributed by atoms with Crippen molar-refractivity contribution < 1.29 is 19.4 Å². The van der Waals surface area contributed by atoms with Crippen molar-refractivity contribution in [2.75, 3.05) is 6.61 Å². The lowest BCUT2D eigenvalue weighted by Gasteiger charge is -2.35. The molecule has 0 fully saturated rings. The smallest absolute Gasteiger partial charge is 0.305 e. The summed E-state index contributed by atoms with van der Waals surface area (Å²) in [6, 6.07) is 5.35. The van der Waals surface area contributed by atoms with Crippen LogP contribution in [-0.2, 0) is 16.0 Å². The minimum Gasteiger partial charge on any atom is -0.492 e. The van der Waals surface area contributed by atoms with Gasteiger partial charge in [0.2, 0.25) is 5.91 Å². The summed E-state index contributed by atoms with van der Waals surface area (Å²) in [5.74, 6) is -0.733. The minimum atomic E-state index is -0.932. The number of carboxylic acids is 1. The molecule has 0 radical (unpaired) electrons. The summed E-state index contributed by atoms with van der Waals surface area (Å²) in [5, 5.41) is 12.6. The Bertz CT molecular complexity index is 617. The fraction of sp³-hybridized carbons (Fsp3) is 0.529. The Morgan fingerprint density at radius 3 is 2.78 bits per heavy atom. The molecule has 0 saturated heterocycles. The zero-order valence-electron chi connectivity index (χ0n) is 13.6. The third-order valence-electron chi connectivity index (χ3n) is 4.50. The quantitative estimate of drug-likeness (QED) is 0.864. The van der Waals surface area contributed by atoms with Crippen LogP contribution in [0.1, 0.15) is 32.8 Å². The number of fused-ring (bicyclic) bond motifs is 1. The second-order valence-electron chi connectivity index (χ2n) is 6.60. The van der Waals surface area contributed by atoms with Crippen LogP contribution in [0.2, 0.25) is 5.02 Å². The van der Waals surface area contributed by atoms with Crippen LogP contribution in [0.4, 0.5) is 0 Å². The molecule has 5 nitrogen and oxygen atoms in total. The fourth-order valence-electron chi connectivity index (χ4n) is 2.62. The second kappa shape index (κ2) is 6.79. The molecule has 2 rings (SSSR count). The first-order valence-electron chi connectivity index (χ1n) is 7.66. The fourth-order valence-corrected chi connectivity index (χ4v) is 2.82. The molecule has 126 valence electrons. The van der Waals surface area contributed by atoms with Gasteiger partial charge >= 0.3 is 5.97 Å².